The number of hydrogen-bond acceptors (Lipinski definition) is 4. The Kier molecular flexibility index (Phi) is 8.45. The van der Waals surface area contributed by atoms with Crippen molar-refractivity contribution in [3.8, 4) is 17.2 Å². The Labute approximate surface area is 236 Å². The van der Waals surface area contributed by atoms with E-state index in [1.165, 1.54) is 0 Å². The molecule has 0 aliphatic carbocycles. The molecule has 39 heavy (non-hydrogen) atoms. The summed E-state index contributed by atoms with van der Waals surface area (Å²) in [6.45, 7) is 25.9. The van der Waals surface area contributed by atoms with Gasteiger partial charge in [0.25, 0.3) is 0 Å². The minimum atomic E-state index is -4.22. The molecule has 0 unspecified atom stereocenters. The zero-order chi connectivity index (χ0) is 29.4. The Balaban J connectivity index is 2.24. The van der Waals surface area contributed by atoms with Gasteiger partial charge < -0.3 is 13.6 Å². The average molecular weight is 551 g/mol. The molecule has 3 aromatic rings. The van der Waals surface area contributed by atoms with Gasteiger partial charge >= 0.3 is 7.82 Å². The smallest absolute Gasteiger partial charge is 0.386 e. The van der Waals surface area contributed by atoms with E-state index in [2.05, 4.69) is 95.2 Å². The van der Waals surface area contributed by atoms with Crippen LogP contribution in [-0.4, -0.2) is 0 Å². The Hall–Kier alpha value is -2.71. The zero-order valence-electron chi connectivity index (χ0n) is 25.9. The molecule has 0 atom stereocenters. The van der Waals surface area contributed by atoms with Gasteiger partial charge in [0.05, 0.1) is 0 Å². The van der Waals surface area contributed by atoms with Crippen LogP contribution >= 0.6 is 7.82 Å². The summed E-state index contributed by atoms with van der Waals surface area (Å²) in [4.78, 5) is 0. The van der Waals surface area contributed by atoms with E-state index >= 15 is 0 Å². The van der Waals surface area contributed by atoms with Gasteiger partial charge in [-0.3, -0.25) is 0 Å². The number of phosphoric ester groups is 1. The van der Waals surface area contributed by atoms with E-state index in [0.717, 1.165) is 22.3 Å². The lowest BCUT2D eigenvalue weighted by atomic mass is 9.75. The van der Waals surface area contributed by atoms with Crippen LogP contribution in [0.4, 0.5) is 0 Å². The third kappa shape index (κ3) is 7.48. The first-order valence-electron chi connectivity index (χ1n) is 13.7. The number of rotatable bonds is 6. The van der Waals surface area contributed by atoms with Crippen LogP contribution in [-0.2, 0) is 26.2 Å². The molecule has 0 aliphatic heterocycles. The summed E-state index contributed by atoms with van der Waals surface area (Å²) >= 11 is 0. The van der Waals surface area contributed by atoms with Crippen LogP contribution in [0.3, 0.4) is 0 Å². The second-order valence-electron chi connectivity index (χ2n) is 14.4. The standard InChI is InChI=1S/C34H47O4P/c1-31(2,3)25-20-16-22-27(29(25)33(7,8)9)37-39(35,36-24-18-14-13-15-19-24)38-28-23-17-21-26(32(4,5)6)30(28)34(10,11)12/h13-23H,1-12H3. The fourth-order valence-electron chi connectivity index (χ4n) is 4.92. The Bertz CT molecular complexity index is 1250. The summed E-state index contributed by atoms with van der Waals surface area (Å²) in [7, 11) is -4.22. The normalized spacial score (nSPS) is 13.2. The van der Waals surface area contributed by atoms with Gasteiger partial charge in [0.15, 0.2) is 0 Å². The quantitative estimate of drug-likeness (QED) is 0.286. The monoisotopic (exact) mass is 550 g/mol. The number of para-hydroxylation sites is 1. The minimum Gasteiger partial charge on any atom is -0.386 e. The van der Waals surface area contributed by atoms with Crippen LogP contribution in [0, 0.1) is 0 Å². The summed E-state index contributed by atoms with van der Waals surface area (Å²) in [5, 5.41) is 0. The van der Waals surface area contributed by atoms with Crippen LogP contribution in [0.15, 0.2) is 66.7 Å². The average Bonchev–Trinajstić information content (AvgIpc) is 2.76. The van der Waals surface area contributed by atoms with Gasteiger partial charge in [0.1, 0.15) is 17.2 Å². The molecule has 0 saturated carbocycles. The second kappa shape index (κ2) is 10.7. The third-order valence-electron chi connectivity index (χ3n) is 6.55. The summed E-state index contributed by atoms with van der Waals surface area (Å²) in [5.74, 6) is 1.41. The van der Waals surface area contributed by atoms with Gasteiger partial charge in [-0.05, 0) is 57.1 Å². The van der Waals surface area contributed by atoms with Gasteiger partial charge in [-0.25, -0.2) is 0 Å². The number of hydrogen-bond donors (Lipinski definition) is 0. The van der Waals surface area contributed by atoms with Crippen molar-refractivity contribution < 1.29 is 18.1 Å². The van der Waals surface area contributed by atoms with Crippen LogP contribution in [0.25, 0.3) is 0 Å². The van der Waals surface area contributed by atoms with Crippen LogP contribution in [0.1, 0.15) is 105 Å². The largest absolute Gasteiger partial charge is 0.647 e. The fraction of sp³-hybridized carbons (Fsp3) is 0.471. The molecule has 0 amide bonds. The fourth-order valence-corrected chi connectivity index (χ4v) is 6.20. The molecular formula is C34H47O4P. The predicted molar refractivity (Wildman–Crippen MR) is 164 cm³/mol. The SMILES string of the molecule is CC(C)(C)c1cccc(OP(=O)(Oc2ccccc2)Oc2cccc(C(C)(C)C)c2C(C)(C)C)c1C(C)(C)C. The maximum atomic E-state index is 14.7. The van der Waals surface area contributed by atoms with E-state index in [-0.39, 0.29) is 21.7 Å². The van der Waals surface area contributed by atoms with E-state index in [0.29, 0.717) is 17.2 Å². The molecule has 0 bridgehead atoms. The molecular weight excluding hydrogens is 503 g/mol. The number of phosphoric acid groups is 1. The molecule has 0 N–H and O–H groups in total. The second-order valence-corrected chi connectivity index (χ2v) is 15.8. The van der Waals surface area contributed by atoms with Crippen LogP contribution in [0.5, 0.6) is 17.2 Å². The molecule has 0 radical (unpaired) electrons. The van der Waals surface area contributed by atoms with Crippen LogP contribution in [0.2, 0.25) is 0 Å². The molecule has 5 heteroatoms. The van der Waals surface area contributed by atoms with Gasteiger partial charge in [0, 0.05) is 11.1 Å². The molecule has 0 heterocycles. The molecule has 0 spiro atoms. The van der Waals surface area contributed by atoms with Crippen molar-refractivity contribution in [2.45, 2.75) is 105 Å². The van der Waals surface area contributed by atoms with E-state index in [1.54, 1.807) is 12.1 Å². The topological polar surface area (TPSA) is 44.8 Å². The molecule has 3 rings (SSSR count). The highest BCUT2D eigenvalue weighted by Crippen LogP contribution is 2.54. The maximum Gasteiger partial charge on any atom is 0.647 e. The van der Waals surface area contributed by atoms with Crippen molar-refractivity contribution in [2.24, 2.45) is 0 Å². The summed E-state index contributed by atoms with van der Waals surface area (Å²) in [6.07, 6.45) is 0. The van der Waals surface area contributed by atoms with Crippen molar-refractivity contribution in [3.63, 3.8) is 0 Å². The van der Waals surface area contributed by atoms with Crippen molar-refractivity contribution in [1.82, 2.24) is 0 Å². The molecule has 0 saturated heterocycles. The summed E-state index contributed by atoms with van der Waals surface area (Å²) < 4.78 is 33.7. The highest BCUT2D eigenvalue weighted by Gasteiger charge is 2.39. The van der Waals surface area contributed by atoms with Crippen molar-refractivity contribution in [3.05, 3.63) is 89.0 Å². The third-order valence-corrected chi connectivity index (χ3v) is 7.82. The van der Waals surface area contributed by atoms with Gasteiger partial charge in [-0.1, -0.05) is 126 Å². The van der Waals surface area contributed by atoms with Gasteiger partial charge in [0.2, 0.25) is 0 Å². The van der Waals surface area contributed by atoms with E-state index in [4.69, 9.17) is 13.6 Å². The highest BCUT2D eigenvalue weighted by atomic mass is 31.2. The Morgan fingerprint density at radius 3 is 1.18 bits per heavy atom. The Morgan fingerprint density at radius 1 is 0.462 bits per heavy atom. The lowest BCUT2D eigenvalue weighted by Crippen LogP contribution is -2.24. The zero-order valence-corrected chi connectivity index (χ0v) is 26.8. The first-order chi connectivity index (χ1) is 17.7. The van der Waals surface area contributed by atoms with E-state index in [1.807, 2.05) is 42.5 Å². The maximum absolute atomic E-state index is 14.7. The predicted octanol–water partition coefficient (Wildman–Crippen LogP) is 10.5. The van der Waals surface area contributed by atoms with E-state index < -0.39 is 7.82 Å². The number of benzene rings is 3. The summed E-state index contributed by atoms with van der Waals surface area (Å²) in [5.41, 5.74) is 3.38. The minimum absolute atomic E-state index is 0.145. The van der Waals surface area contributed by atoms with Crippen molar-refractivity contribution in [1.29, 1.82) is 0 Å². The molecule has 212 valence electrons. The van der Waals surface area contributed by atoms with Gasteiger partial charge in [-0.2, -0.15) is 4.57 Å². The lowest BCUT2D eigenvalue weighted by molar-refractivity contribution is 0.292. The lowest BCUT2D eigenvalue weighted by Gasteiger charge is -2.34. The molecule has 0 aromatic heterocycles. The molecule has 0 aliphatic rings. The Morgan fingerprint density at radius 2 is 0.846 bits per heavy atom. The molecule has 3 aromatic carbocycles. The van der Waals surface area contributed by atoms with E-state index in [9.17, 15) is 4.57 Å². The first kappa shape index (κ1) is 30.8. The summed E-state index contributed by atoms with van der Waals surface area (Å²) in [6, 6.07) is 20.9. The highest BCUT2D eigenvalue weighted by molar-refractivity contribution is 7.49. The molecule has 0 fully saturated rings. The first-order valence-corrected chi connectivity index (χ1v) is 15.2. The van der Waals surface area contributed by atoms with Crippen LogP contribution < -0.4 is 13.6 Å². The molecule has 4 nitrogen and oxygen atoms in total. The van der Waals surface area contributed by atoms with Gasteiger partial charge in [-0.15, -0.1) is 0 Å². The van der Waals surface area contributed by atoms with Crippen molar-refractivity contribution >= 4 is 7.82 Å². The van der Waals surface area contributed by atoms with Crippen molar-refractivity contribution in [2.75, 3.05) is 0 Å².